The summed E-state index contributed by atoms with van der Waals surface area (Å²) in [5.74, 6) is 1.99. The third-order valence-electron chi connectivity index (χ3n) is 3.95. The molecule has 0 saturated carbocycles. The molecule has 1 heterocycles. The molecule has 0 amide bonds. The summed E-state index contributed by atoms with van der Waals surface area (Å²) < 4.78 is 5.98. The summed E-state index contributed by atoms with van der Waals surface area (Å²) in [6.07, 6.45) is 3.74. The molecule has 1 aromatic heterocycles. The lowest BCUT2D eigenvalue weighted by Gasteiger charge is -2.08. The van der Waals surface area contributed by atoms with Crippen LogP contribution in [0.5, 0.6) is 0 Å². The highest BCUT2D eigenvalue weighted by molar-refractivity contribution is 5.60. The maximum absolute atomic E-state index is 5.98. The van der Waals surface area contributed by atoms with Gasteiger partial charge in [-0.3, -0.25) is 0 Å². The average molecular weight is 255 g/mol. The van der Waals surface area contributed by atoms with Crippen molar-refractivity contribution in [3.63, 3.8) is 0 Å². The Morgan fingerprint density at radius 3 is 2.84 bits per heavy atom. The molecule has 0 spiro atoms. The van der Waals surface area contributed by atoms with Crippen LogP contribution < -0.4 is 5.32 Å². The van der Waals surface area contributed by atoms with Crippen LogP contribution in [0.4, 0.5) is 0 Å². The molecule has 0 saturated heterocycles. The van der Waals surface area contributed by atoms with Crippen LogP contribution in [-0.2, 0) is 12.8 Å². The molecule has 0 aliphatic heterocycles. The van der Waals surface area contributed by atoms with E-state index in [1.807, 2.05) is 0 Å². The topological polar surface area (TPSA) is 25.2 Å². The van der Waals surface area contributed by atoms with Crippen LogP contribution in [0.1, 0.15) is 43.2 Å². The molecule has 19 heavy (non-hydrogen) atoms. The van der Waals surface area contributed by atoms with Gasteiger partial charge in [-0.05, 0) is 62.1 Å². The van der Waals surface area contributed by atoms with Crippen molar-refractivity contribution in [2.45, 2.75) is 39.2 Å². The summed E-state index contributed by atoms with van der Waals surface area (Å²) in [6.45, 7) is 5.20. The average Bonchev–Trinajstić information content (AvgIpc) is 3.07. The number of rotatable bonds is 4. The van der Waals surface area contributed by atoms with Crippen LogP contribution in [0.15, 0.2) is 34.7 Å². The zero-order valence-corrected chi connectivity index (χ0v) is 11.7. The van der Waals surface area contributed by atoms with E-state index in [2.05, 4.69) is 49.5 Å². The molecule has 1 aromatic carbocycles. The van der Waals surface area contributed by atoms with E-state index < -0.39 is 0 Å². The van der Waals surface area contributed by atoms with E-state index in [9.17, 15) is 0 Å². The molecule has 2 nitrogen and oxygen atoms in total. The zero-order chi connectivity index (χ0) is 13.2. The van der Waals surface area contributed by atoms with E-state index in [1.54, 1.807) is 0 Å². The first kappa shape index (κ1) is 12.5. The van der Waals surface area contributed by atoms with E-state index in [1.165, 1.54) is 36.0 Å². The van der Waals surface area contributed by atoms with Gasteiger partial charge in [-0.2, -0.15) is 0 Å². The van der Waals surface area contributed by atoms with E-state index in [0.29, 0.717) is 0 Å². The Balaban J connectivity index is 1.86. The molecule has 2 aromatic rings. The van der Waals surface area contributed by atoms with Gasteiger partial charge in [0.05, 0.1) is 6.04 Å². The summed E-state index contributed by atoms with van der Waals surface area (Å²) in [5, 5.41) is 3.37. The molecule has 0 fully saturated rings. The molecule has 1 aliphatic rings. The van der Waals surface area contributed by atoms with Gasteiger partial charge >= 0.3 is 0 Å². The highest BCUT2D eigenvalue weighted by Crippen LogP contribution is 2.30. The Labute approximate surface area is 114 Å². The highest BCUT2D eigenvalue weighted by Gasteiger charge is 2.14. The SMILES string of the molecule is CCNC(C)c1ccc(-c2ccc3c(c2)CCC3)o1. The van der Waals surface area contributed by atoms with Gasteiger partial charge < -0.3 is 9.73 Å². The van der Waals surface area contributed by atoms with Crippen LogP contribution in [0, 0.1) is 0 Å². The fourth-order valence-corrected chi connectivity index (χ4v) is 2.87. The largest absolute Gasteiger partial charge is 0.459 e. The van der Waals surface area contributed by atoms with E-state index in [0.717, 1.165) is 18.1 Å². The molecular weight excluding hydrogens is 234 g/mol. The lowest BCUT2D eigenvalue weighted by atomic mass is 10.1. The minimum atomic E-state index is 0.271. The van der Waals surface area contributed by atoms with Crippen molar-refractivity contribution in [1.82, 2.24) is 5.32 Å². The van der Waals surface area contributed by atoms with E-state index in [4.69, 9.17) is 4.42 Å². The first-order valence-electron chi connectivity index (χ1n) is 7.23. The standard InChI is InChI=1S/C17H21NO/c1-3-18-12(2)16-9-10-17(19-16)15-8-7-13-5-4-6-14(13)11-15/h7-12,18H,3-6H2,1-2H3. The predicted molar refractivity (Wildman–Crippen MR) is 78.3 cm³/mol. The Bertz CT molecular complexity index is 570. The Hall–Kier alpha value is -1.54. The molecule has 1 N–H and O–H groups in total. The highest BCUT2D eigenvalue weighted by atomic mass is 16.3. The van der Waals surface area contributed by atoms with Crippen molar-refractivity contribution in [3.05, 3.63) is 47.2 Å². The minimum Gasteiger partial charge on any atom is -0.459 e. The fourth-order valence-electron chi connectivity index (χ4n) is 2.87. The Morgan fingerprint density at radius 2 is 2.00 bits per heavy atom. The van der Waals surface area contributed by atoms with Gasteiger partial charge in [-0.15, -0.1) is 0 Å². The van der Waals surface area contributed by atoms with Crippen molar-refractivity contribution in [2.24, 2.45) is 0 Å². The van der Waals surface area contributed by atoms with Gasteiger partial charge in [0.15, 0.2) is 0 Å². The molecule has 3 rings (SSSR count). The number of hydrogen-bond acceptors (Lipinski definition) is 2. The zero-order valence-electron chi connectivity index (χ0n) is 11.7. The first-order chi connectivity index (χ1) is 9.28. The van der Waals surface area contributed by atoms with Crippen LogP contribution in [0.3, 0.4) is 0 Å². The van der Waals surface area contributed by atoms with Gasteiger partial charge in [-0.1, -0.05) is 19.1 Å². The molecule has 0 radical (unpaired) electrons. The van der Waals surface area contributed by atoms with Crippen molar-refractivity contribution in [2.75, 3.05) is 6.54 Å². The lowest BCUT2D eigenvalue weighted by molar-refractivity contribution is 0.445. The van der Waals surface area contributed by atoms with Crippen LogP contribution in [0.2, 0.25) is 0 Å². The van der Waals surface area contributed by atoms with Crippen LogP contribution >= 0.6 is 0 Å². The number of hydrogen-bond donors (Lipinski definition) is 1. The summed E-state index contributed by atoms with van der Waals surface area (Å²) in [5.41, 5.74) is 4.21. The molecule has 2 heteroatoms. The second kappa shape index (κ2) is 5.22. The molecule has 1 aliphatic carbocycles. The third-order valence-corrected chi connectivity index (χ3v) is 3.95. The summed E-state index contributed by atoms with van der Waals surface area (Å²) in [6, 6.07) is 11.2. The van der Waals surface area contributed by atoms with E-state index >= 15 is 0 Å². The molecule has 100 valence electrons. The molecule has 1 unspecified atom stereocenters. The lowest BCUT2D eigenvalue weighted by Crippen LogP contribution is -2.16. The maximum Gasteiger partial charge on any atom is 0.134 e. The van der Waals surface area contributed by atoms with Crippen molar-refractivity contribution in [1.29, 1.82) is 0 Å². The monoisotopic (exact) mass is 255 g/mol. The molecule has 1 atom stereocenters. The fraction of sp³-hybridized carbons (Fsp3) is 0.412. The van der Waals surface area contributed by atoms with Gasteiger partial charge in [-0.25, -0.2) is 0 Å². The van der Waals surface area contributed by atoms with Crippen LogP contribution in [0.25, 0.3) is 11.3 Å². The number of benzene rings is 1. The quantitative estimate of drug-likeness (QED) is 0.889. The number of fused-ring (bicyclic) bond motifs is 1. The second-order valence-corrected chi connectivity index (χ2v) is 5.32. The Morgan fingerprint density at radius 1 is 1.16 bits per heavy atom. The molecule has 0 bridgehead atoms. The van der Waals surface area contributed by atoms with Crippen molar-refractivity contribution < 1.29 is 4.42 Å². The number of nitrogens with one attached hydrogen (secondary N) is 1. The third kappa shape index (κ3) is 2.45. The van der Waals surface area contributed by atoms with E-state index in [-0.39, 0.29) is 6.04 Å². The van der Waals surface area contributed by atoms with Gasteiger partial charge in [0.1, 0.15) is 11.5 Å². The first-order valence-corrected chi connectivity index (χ1v) is 7.23. The van der Waals surface area contributed by atoms with Gasteiger partial charge in [0.2, 0.25) is 0 Å². The van der Waals surface area contributed by atoms with Crippen molar-refractivity contribution in [3.8, 4) is 11.3 Å². The second-order valence-electron chi connectivity index (χ2n) is 5.32. The maximum atomic E-state index is 5.98. The molecular formula is C17H21NO. The minimum absolute atomic E-state index is 0.271. The van der Waals surface area contributed by atoms with Gasteiger partial charge in [0, 0.05) is 5.56 Å². The summed E-state index contributed by atoms with van der Waals surface area (Å²) >= 11 is 0. The smallest absolute Gasteiger partial charge is 0.134 e. The van der Waals surface area contributed by atoms with Crippen LogP contribution in [-0.4, -0.2) is 6.54 Å². The summed E-state index contributed by atoms with van der Waals surface area (Å²) in [4.78, 5) is 0. The summed E-state index contributed by atoms with van der Waals surface area (Å²) in [7, 11) is 0. The number of furan rings is 1. The number of aryl methyl sites for hydroxylation is 2. The van der Waals surface area contributed by atoms with Gasteiger partial charge in [0.25, 0.3) is 0 Å². The Kier molecular flexibility index (Phi) is 3.43. The normalized spacial score (nSPS) is 15.5. The van der Waals surface area contributed by atoms with Crippen molar-refractivity contribution >= 4 is 0 Å². The predicted octanol–water partition coefficient (Wildman–Crippen LogP) is 4.11.